The van der Waals surface area contributed by atoms with Gasteiger partial charge >= 0.3 is 0 Å². The van der Waals surface area contributed by atoms with Crippen molar-refractivity contribution >= 4 is 38.6 Å². The van der Waals surface area contributed by atoms with Crippen LogP contribution < -0.4 is 0 Å². The van der Waals surface area contributed by atoms with Crippen LogP contribution >= 0.6 is 27.5 Å². The van der Waals surface area contributed by atoms with Crippen molar-refractivity contribution in [2.75, 3.05) is 0 Å². The van der Waals surface area contributed by atoms with Gasteiger partial charge in [-0.05, 0) is 22.0 Å². The van der Waals surface area contributed by atoms with Gasteiger partial charge in [0.2, 0.25) is 0 Å². The molecule has 0 aliphatic carbocycles. The molecule has 0 bridgehead atoms. The zero-order chi connectivity index (χ0) is 8.72. The molecule has 2 rings (SSSR count). The highest BCUT2D eigenvalue weighted by molar-refractivity contribution is 9.10. The third kappa shape index (κ3) is 1.03. The van der Waals surface area contributed by atoms with Crippen molar-refractivity contribution in [3.05, 3.63) is 22.1 Å². The van der Waals surface area contributed by atoms with Crippen molar-refractivity contribution in [1.82, 2.24) is 14.5 Å². The minimum Gasteiger partial charge on any atom is -0.319 e. The lowest BCUT2D eigenvalue weighted by atomic mass is 10.4. The minimum absolute atomic E-state index is 0.480. The fourth-order valence-electron chi connectivity index (χ4n) is 1.09. The van der Waals surface area contributed by atoms with E-state index in [4.69, 9.17) is 11.6 Å². The third-order valence-electron chi connectivity index (χ3n) is 1.68. The normalized spacial score (nSPS) is 10.9. The molecule has 0 amide bonds. The first-order chi connectivity index (χ1) is 5.70. The lowest BCUT2D eigenvalue weighted by molar-refractivity contribution is 0.910. The van der Waals surface area contributed by atoms with Gasteiger partial charge in [0.25, 0.3) is 0 Å². The number of nitrogens with zero attached hydrogens (tertiary/aromatic N) is 3. The van der Waals surface area contributed by atoms with Crippen LogP contribution in [0.4, 0.5) is 0 Å². The van der Waals surface area contributed by atoms with E-state index in [1.165, 1.54) is 0 Å². The summed E-state index contributed by atoms with van der Waals surface area (Å²) in [7, 11) is 1.88. The van der Waals surface area contributed by atoms with Crippen molar-refractivity contribution in [3.63, 3.8) is 0 Å². The Morgan fingerprint density at radius 2 is 2.33 bits per heavy atom. The van der Waals surface area contributed by atoms with Crippen LogP contribution in [-0.4, -0.2) is 14.5 Å². The van der Waals surface area contributed by atoms with Crippen molar-refractivity contribution in [1.29, 1.82) is 0 Å². The molecule has 2 heterocycles. The molecular weight excluding hydrogens is 241 g/mol. The van der Waals surface area contributed by atoms with Crippen LogP contribution in [0, 0.1) is 0 Å². The summed E-state index contributed by atoms with van der Waals surface area (Å²) < 4.78 is 2.61. The highest BCUT2D eigenvalue weighted by atomic mass is 79.9. The number of aromatic nitrogens is 3. The molecular formula is C7H5BrClN3. The SMILES string of the molecule is Cn1c(Br)nc2ccnc(Cl)c21. The Morgan fingerprint density at radius 3 is 3.00 bits per heavy atom. The van der Waals surface area contributed by atoms with Gasteiger partial charge in [-0.3, -0.25) is 0 Å². The fourth-order valence-corrected chi connectivity index (χ4v) is 1.73. The van der Waals surface area contributed by atoms with E-state index in [0.717, 1.165) is 15.8 Å². The zero-order valence-electron chi connectivity index (χ0n) is 6.25. The summed E-state index contributed by atoms with van der Waals surface area (Å²) >= 11 is 9.19. The maximum atomic E-state index is 5.88. The Balaban J connectivity index is 2.97. The van der Waals surface area contributed by atoms with Gasteiger partial charge in [-0.2, -0.15) is 0 Å². The lowest BCUT2D eigenvalue weighted by Gasteiger charge is -1.95. The van der Waals surface area contributed by atoms with Gasteiger partial charge < -0.3 is 4.57 Å². The molecule has 0 saturated heterocycles. The van der Waals surface area contributed by atoms with Gasteiger partial charge in [0.1, 0.15) is 5.52 Å². The molecule has 0 saturated carbocycles. The van der Waals surface area contributed by atoms with E-state index >= 15 is 0 Å². The van der Waals surface area contributed by atoms with E-state index in [0.29, 0.717) is 5.15 Å². The number of hydrogen-bond acceptors (Lipinski definition) is 2. The zero-order valence-corrected chi connectivity index (χ0v) is 8.59. The molecule has 0 spiro atoms. The third-order valence-corrected chi connectivity index (χ3v) is 2.67. The van der Waals surface area contributed by atoms with E-state index in [-0.39, 0.29) is 0 Å². The van der Waals surface area contributed by atoms with Gasteiger partial charge in [-0.15, -0.1) is 0 Å². The fraction of sp³-hybridized carbons (Fsp3) is 0.143. The smallest absolute Gasteiger partial charge is 0.177 e. The van der Waals surface area contributed by atoms with Crippen LogP contribution in [0.2, 0.25) is 5.15 Å². The number of imidazole rings is 1. The number of aryl methyl sites for hydroxylation is 1. The maximum Gasteiger partial charge on any atom is 0.177 e. The Bertz CT molecular complexity index is 437. The highest BCUT2D eigenvalue weighted by Crippen LogP contribution is 2.23. The highest BCUT2D eigenvalue weighted by Gasteiger charge is 2.08. The Hall–Kier alpha value is -0.610. The molecule has 2 aromatic heterocycles. The molecule has 2 aromatic rings. The molecule has 0 unspecified atom stereocenters. The minimum atomic E-state index is 0.480. The topological polar surface area (TPSA) is 30.7 Å². The molecule has 0 N–H and O–H groups in total. The first kappa shape index (κ1) is 8.01. The van der Waals surface area contributed by atoms with E-state index in [1.54, 1.807) is 6.20 Å². The van der Waals surface area contributed by atoms with Crippen LogP contribution in [0.15, 0.2) is 17.0 Å². The van der Waals surface area contributed by atoms with E-state index < -0.39 is 0 Å². The van der Waals surface area contributed by atoms with Crippen LogP contribution in [-0.2, 0) is 7.05 Å². The van der Waals surface area contributed by atoms with Gasteiger partial charge in [-0.25, -0.2) is 9.97 Å². The average molecular weight is 246 g/mol. The molecule has 62 valence electrons. The molecule has 0 aliphatic heterocycles. The van der Waals surface area contributed by atoms with Crippen LogP contribution in [0.25, 0.3) is 11.0 Å². The van der Waals surface area contributed by atoms with Crippen LogP contribution in [0.1, 0.15) is 0 Å². The molecule has 0 aromatic carbocycles. The molecule has 12 heavy (non-hydrogen) atoms. The van der Waals surface area contributed by atoms with Gasteiger partial charge in [0.15, 0.2) is 9.89 Å². The standard InChI is InChI=1S/C7H5BrClN3/c1-12-5-4(11-7(12)8)2-3-10-6(5)9/h2-3H,1H3. The van der Waals surface area contributed by atoms with E-state index in [2.05, 4.69) is 25.9 Å². The number of halogens is 2. The summed E-state index contributed by atoms with van der Waals surface area (Å²) in [5.74, 6) is 0. The second-order valence-electron chi connectivity index (χ2n) is 2.41. The van der Waals surface area contributed by atoms with Crippen molar-refractivity contribution in [3.8, 4) is 0 Å². The van der Waals surface area contributed by atoms with Crippen molar-refractivity contribution in [2.45, 2.75) is 0 Å². The van der Waals surface area contributed by atoms with Crippen molar-refractivity contribution in [2.24, 2.45) is 7.05 Å². The Labute approximate surface area is 82.5 Å². The summed E-state index contributed by atoms with van der Waals surface area (Å²) in [4.78, 5) is 8.19. The second-order valence-corrected chi connectivity index (χ2v) is 3.48. The largest absolute Gasteiger partial charge is 0.319 e. The summed E-state index contributed by atoms with van der Waals surface area (Å²) in [5.41, 5.74) is 1.70. The molecule has 0 aliphatic rings. The summed E-state index contributed by atoms with van der Waals surface area (Å²) in [6.07, 6.45) is 1.64. The number of pyridine rings is 1. The Kier molecular flexibility index (Phi) is 1.81. The molecule has 3 nitrogen and oxygen atoms in total. The first-order valence-corrected chi connectivity index (χ1v) is 4.49. The summed E-state index contributed by atoms with van der Waals surface area (Å²) in [6, 6.07) is 1.83. The van der Waals surface area contributed by atoms with E-state index in [9.17, 15) is 0 Å². The van der Waals surface area contributed by atoms with Crippen LogP contribution in [0.3, 0.4) is 0 Å². The van der Waals surface area contributed by atoms with Gasteiger partial charge in [0.05, 0.1) is 5.52 Å². The number of fused-ring (bicyclic) bond motifs is 1. The lowest BCUT2D eigenvalue weighted by Crippen LogP contribution is -1.88. The van der Waals surface area contributed by atoms with Gasteiger partial charge in [-0.1, -0.05) is 11.6 Å². The molecule has 0 radical (unpaired) electrons. The van der Waals surface area contributed by atoms with Crippen LogP contribution in [0.5, 0.6) is 0 Å². The Morgan fingerprint density at radius 1 is 1.58 bits per heavy atom. The predicted octanol–water partition coefficient (Wildman–Crippen LogP) is 2.38. The molecule has 0 fully saturated rings. The van der Waals surface area contributed by atoms with Gasteiger partial charge in [0, 0.05) is 13.2 Å². The molecule has 0 atom stereocenters. The van der Waals surface area contributed by atoms with E-state index in [1.807, 2.05) is 17.7 Å². The number of rotatable bonds is 0. The average Bonchev–Trinajstić information content (AvgIpc) is 2.29. The maximum absolute atomic E-state index is 5.88. The van der Waals surface area contributed by atoms with Crippen molar-refractivity contribution < 1.29 is 0 Å². The first-order valence-electron chi connectivity index (χ1n) is 3.32. The monoisotopic (exact) mass is 245 g/mol. The number of hydrogen-bond donors (Lipinski definition) is 0. The quantitative estimate of drug-likeness (QED) is 0.668. The second kappa shape index (κ2) is 2.71. The summed E-state index contributed by atoms with van der Waals surface area (Å²) in [6.45, 7) is 0. The summed E-state index contributed by atoms with van der Waals surface area (Å²) in [5, 5.41) is 0.480. The predicted molar refractivity (Wildman–Crippen MR) is 51.2 cm³/mol. The molecule has 5 heteroatoms.